The van der Waals surface area contributed by atoms with E-state index in [1.807, 2.05) is 18.2 Å². The molecule has 0 atom stereocenters. The minimum absolute atomic E-state index is 0.0743. The van der Waals surface area contributed by atoms with E-state index in [0.717, 1.165) is 19.3 Å². The van der Waals surface area contributed by atoms with Crippen LogP contribution < -0.4 is 10.5 Å². The van der Waals surface area contributed by atoms with Gasteiger partial charge in [-0.1, -0.05) is 18.2 Å². The number of nitrogens with one attached hydrogen (secondary N) is 1. The number of nitrogen functional groups attached to an aromatic ring is 1. The number of benzene rings is 2. The summed E-state index contributed by atoms with van der Waals surface area (Å²) in [7, 11) is -3.43. The summed E-state index contributed by atoms with van der Waals surface area (Å²) in [4.78, 5) is 0. The molecule has 0 bridgehead atoms. The van der Waals surface area contributed by atoms with Gasteiger partial charge in [-0.15, -0.1) is 0 Å². The fourth-order valence-electron chi connectivity index (χ4n) is 2.75. The molecule has 0 saturated carbocycles. The molecule has 1 aliphatic carbocycles. The van der Waals surface area contributed by atoms with Crippen LogP contribution >= 0.6 is 0 Å². The number of hydrogen-bond acceptors (Lipinski definition) is 3. The predicted octanol–water partition coefficient (Wildman–Crippen LogP) is 2.70. The van der Waals surface area contributed by atoms with E-state index in [2.05, 4.69) is 4.72 Å². The Morgan fingerprint density at radius 3 is 2.67 bits per heavy atom. The van der Waals surface area contributed by atoms with Crippen LogP contribution in [0.1, 0.15) is 23.1 Å². The van der Waals surface area contributed by atoms with E-state index in [-0.39, 0.29) is 5.75 Å². The summed E-state index contributed by atoms with van der Waals surface area (Å²) in [5, 5.41) is 0. The highest BCUT2D eigenvalue weighted by Gasteiger charge is 2.15. The van der Waals surface area contributed by atoms with E-state index < -0.39 is 10.0 Å². The normalized spacial score (nSPS) is 13.9. The van der Waals surface area contributed by atoms with E-state index in [1.165, 1.54) is 11.1 Å². The van der Waals surface area contributed by atoms with Gasteiger partial charge in [0.1, 0.15) is 0 Å². The van der Waals surface area contributed by atoms with Crippen molar-refractivity contribution >= 4 is 21.4 Å². The smallest absolute Gasteiger partial charge is 0.236 e. The van der Waals surface area contributed by atoms with Gasteiger partial charge in [-0.2, -0.15) is 0 Å². The van der Waals surface area contributed by atoms with Crippen LogP contribution in [0.25, 0.3) is 0 Å². The molecule has 5 heteroatoms. The number of rotatable bonds is 4. The Bertz CT molecular complexity index is 770. The number of hydrogen-bond donors (Lipinski definition) is 2. The minimum atomic E-state index is -3.43. The van der Waals surface area contributed by atoms with Crippen molar-refractivity contribution in [3.63, 3.8) is 0 Å². The highest BCUT2D eigenvalue weighted by molar-refractivity contribution is 7.91. The SMILES string of the molecule is Nc1cccc(CS(=O)(=O)Nc2ccc3c(c2)CCC3)c1. The molecule has 0 heterocycles. The van der Waals surface area contributed by atoms with Crippen molar-refractivity contribution in [3.8, 4) is 0 Å². The predicted molar refractivity (Wildman–Crippen MR) is 85.6 cm³/mol. The molecular weight excluding hydrogens is 284 g/mol. The van der Waals surface area contributed by atoms with Gasteiger partial charge in [-0.05, 0) is 60.2 Å². The fraction of sp³-hybridized carbons (Fsp3) is 0.250. The Kier molecular flexibility index (Phi) is 3.59. The van der Waals surface area contributed by atoms with Gasteiger partial charge < -0.3 is 5.73 Å². The van der Waals surface area contributed by atoms with Crippen LogP contribution in [0.2, 0.25) is 0 Å². The Balaban J connectivity index is 1.77. The average Bonchev–Trinajstić information content (AvgIpc) is 2.84. The number of nitrogens with two attached hydrogens (primary N) is 1. The van der Waals surface area contributed by atoms with Crippen molar-refractivity contribution in [1.82, 2.24) is 0 Å². The first-order chi connectivity index (χ1) is 10.0. The molecule has 0 amide bonds. The second-order valence-corrected chi connectivity index (χ2v) is 7.17. The summed E-state index contributed by atoms with van der Waals surface area (Å²) in [6.07, 6.45) is 3.26. The van der Waals surface area contributed by atoms with E-state index in [9.17, 15) is 8.42 Å². The molecule has 0 spiro atoms. The van der Waals surface area contributed by atoms with E-state index in [1.54, 1.807) is 24.3 Å². The molecule has 3 rings (SSSR count). The maximum Gasteiger partial charge on any atom is 0.236 e. The third-order valence-electron chi connectivity index (χ3n) is 3.68. The van der Waals surface area contributed by atoms with E-state index >= 15 is 0 Å². The fourth-order valence-corrected chi connectivity index (χ4v) is 3.93. The Labute approximate surface area is 125 Å². The summed E-state index contributed by atoms with van der Waals surface area (Å²) in [5.41, 5.74) is 10.1. The second kappa shape index (κ2) is 5.41. The van der Waals surface area contributed by atoms with Gasteiger partial charge in [-0.25, -0.2) is 8.42 Å². The van der Waals surface area contributed by atoms with Crippen LogP contribution in [0.3, 0.4) is 0 Å². The first-order valence-corrected chi connectivity index (χ1v) is 8.64. The average molecular weight is 302 g/mol. The first-order valence-electron chi connectivity index (χ1n) is 6.98. The zero-order chi connectivity index (χ0) is 14.9. The van der Waals surface area contributed by atoms with Crippen LogP contribution in [0.4, 0.5) is 11.4 Å². The van der Waals surface area contributed by atoms with Gasteiger partial charge in [0.05, 0.1) is 5.75 Å². The van der Waals surface area contributed by atoms with Crippen molar-refractivity contribution in [1.29, 1.82) is 0 Å². The number of fused-ring (bicyclic) bond motifs is 1. The standard InChI is InChI=1S/C16H18N2O2S/c17-15-6-1-3-12(9-15)11-21(19,20)18-16-8-7-13-4-2-5-14(13)10-16/h1,3,6-10,18H,2,4-5,11,17H2. The van der Waals surface area contributed by atoms with Gasteiger partial charge in [0.2, 0.25) is 10.0 Å². The molecule has 0 aliphatic heterocycles. The van der Waals surface area contributed by atoms with Crippen LogP contribution in [-0.4, -0.2) is 8.42 Å². The van der Waals surface area contributed by atoms with Crippen LogP contribution in [0.15, 0.2) is 42.5 Å². The molecule has 0 aromatic heterocycles. The minimum Gasteiger partial charge on any atom is -0.399 e. The summed E-state index contributed by atoms with van der Waals surface area (Å²) in [6, 6.07) is 12.7. The molecular formula is C16H18N2O2S. The first kappa shape index (κ1) is 13.9. The lowest BCUT2D eigenvalue weighted by Crippen LogP contribution is -2.15. The number of anilines is 2. The highest BCUT2D eigenvalue weighted by Crippen LogP contribution is 2.25. The van der Waals surface area contributed by atoms with Crippen molar-refractivity contribution in [2.75, 3.05) is 10.5 Å². The van der Waals surface area contributed by atoms with Gasteiger partial charge in [-0.3, -0.25) is 4.72 Å². The van der Waals surface area contributed by atoms with E-state index in [4.69, 9.17) is 5.73 Å². The highest BCUT2D eigenvalue weighted by atomic mass is 32.2. The summed E-state index contributed by atoms with van der Waals surface area (Å²) >= 11 is 0. The van der Waals surface area contributed by atoms with Crippen molar-refractivity contribution in [2.45, 2.75) is 25.0 Å². The molecule has 0 fully saturated rings. The topological polar surface area (TPSA) is 72.2 Å². The molecule has 110 valence electrons. The zero-order valence-electron chi connectivity index (χ0n) is 11.7. The van der Waals surface area contributed by atoms with Crippen molar-refractivity contribution in [3.05, 3.63) is 59.2 Å². The summed E-state index contributed by atoms with van der Waals surface area (Å²) in [5.74, 6) is -0.0743. The second-order valence-electron chi connectivity index (χ2n) is 5.44. The lowest BCUT2D eigenvalue weighted by atomic mass is 10.1. The molecule has 21 heavy (non-hydrogen) atoms. The molecule has 0 saturated heterocycles. The van der Waals surface area contributed by atoms with Crippen molar-refractivity contribution in [2.24, 2.45) is 0 Å². The molecule has 1 aliphatic rings. The Hall–Kier alpha value is -2.01. The van der Waals surface area contributed by atoms with Gasteiger partial charge in [0.25, 0.3) is 0 Å². The quantitative estimate of drug-likeness (QED) is 0.853. The molecule has 4 nitrogen and oxygen atoms in total. The number of aryl methyl sites for hydroxylation is 2. The maximum atomic E-state index is 12.2. The Morgan fingerprint density at radius 1 is 1.05 bits per heavy atom. The molecule has 0 radical (unpaired) electrons. The molecule has 2 aromatic rings. The van der Waals surface area contributed by atoms with Gasteiger partial charge in [0, 0.05) is 11.4 Å². The third kappa shape index (κ3) is 3.36. The molecule has 2 aromatic carbocycles. The largest absolute Gasteiger partial charge is 0.399 e. The summed E-state index contributed by atoms with van der Waals surface area (Å²) < 4.78 is 27.1. The lowest BCUT2D eigenvalue weighted by molar-refractivity contribution is 0.600. The lowest BCUT2D eigenvalue weighted by Gasteiger charge is -2.10. The monoisotopic (exact) mass is 302 g/mol. The van der Waals surface area contributed by atoms with Crippen LogP contribution in [0.5, 0.6) is 0 Å². The molecule has 0 unspecified atom stereocenters. The van der Waals surface area contributed by atoms with Crippen LogP contribution in [-0.2, 0) is 28.6 Å². The molecule has 3 N–H and O–H groups in total. The zero-order valence-corrected chi connectivity index (χ0v) is 12.5. The van der Waals surface area contributed by atoms with Crippen molar-refractivity contribution < 1.29 is 8.42 Å². The third-order valence-corrected chi connectivity index (χ3v) is 4.94. The van der Waals surface area contributed by atoms with Crippen LogP contribution in [0, 0.1) is 0 Å². The Morgan fingerprint density at radius 2 is 1.86 bits per heavy atom. The van der Waals surface area contributed by atoms with E-state index in [0.29, 0.717) is 16.9 Å². The summed E-state index contributed by atoms with van der Waals surface area (Å²) in [6.45, 7) is 0. The van der Waals surface area contributed by atoms with Gasteiger partial charge >= 0.3 is 0 Å². The number of sulfonamides is 1. The maximum absolute atomic E-state index is 12.2. The van der Waals surface area contributed by atoms with Gasteiger partial charge in [0.15, 0.2) is 0 Å².